The number of rotatable bonds is 9. The van der Waals surface area contributed by atoms with E-state index in [-0.39, 0.29) is 23.9 Å². The summed E-state index contributed by atoms with van der Waals surface area (Å²) in [7, 11) is 3.61. The first-order chi connectivity index (χ1) is 13.7. The van der Waals surface area contributed by atoms with Crippen LogP contribution >= 0.6 is 21.6 Å². The van der Waals surface area contributed by atoms with Gasteiger partial charge in [-0.1, -0.05) is 76.5 Å². The molecule has 0 fully saturated rings. The molecule has 0 amide bonds. The summed E-state index contributed by atoms with van der Waals surface area (Å²) in [5.74, 6) is -0.585. The number of hydrogen-bond donors (Lipinski definition) is 0. The molecule has 0 radical (unpaired) electrons. The van der Waals surface area contributed by atoms with Crippen LogP contribution in [0.2, 0.25) is 0 Å². The normalized spacial score (nSPS) is 15.4. The fourth-order valence-corrected chi connectivity index (χ4v) is 4.97. The topological polar surface area (TPSA) is 52.6 Å². The van der Waals surface area contributed by atoms with Gasteiger partial charge in [0.05, 0.1) is 0 Å². The van der Waals surface area contributed by atoms with Crippen molar-refractivity contribution in [1.82, 2.24) is 0 Å². The quantitative estimate of drug-likeness (QED) is 0.224. The van der Waals surface area contributed by atoms with Crippen LogP contribution in [0.3, 0.4) is 0 Å². The van der Waals surface area contributed by atoms with Gasteiger partial charge < -0.3 is 9.47 Å². The summed E-state index contributed by atoms with van der Waals surface area (Å²) < 4.78 is 10.8. The lowest BCUT2D eigenvalue weighted by Gasteiger charge is -2.10. The van der Waals surface area contributed by atoms with Crippen LogP contribution in [-0.2, 0) is 16.1 Å². The third-order valence-corrected chi connectivity index (χ3v) is 6.62. The van der Waals surface area contributed by atoms with E-state index in [2.05, 4.69) is 11.5 Å². The Morgan fingerprint density at radius 3 is 2.54 bits per heavy atom. The van der Waals surface area contributed by atoms with E-state index in [4.69, 9.17) is 9.47 Å². The summed E-state index contributed by atoms with van der Waals surface area (Å²) >= 11 is 0. The predicted octanol–water partition coefficient (Wildman–Crippen LogP) is 5.79. The molecule has 0 N–H and O–H groups in total. The number of unbranched alkanes of at least 4 members (excludes halogenated alkanes) is 1. The number of esters is 2. The molecule has 146 valence electrons. The Bertz CT molecular complexity index is 820. The lowest BCUT2D eigenvalue weighted by Crippen LogP contribution is -2.12. The summed E-state index contributed by atoms with van der Waals surface area (Å²) in [5.41, 5.74) is 1.16. The SMILES string of the molecule is O=C(CCCC[C@@H]1C=CSS1)Oc1ccccc1C(=O)OCc1ccccc1. The molecule has 0 aliphatic carbocycles. The second kappa shape index (κ2) is 11.0. The fraction of sp³-hybridized carbons (Fsp3) is 0.273. The molecule has 3 rings (SSSR count). The number of para-hydroxylation sites is 1. The minimum Gasteiger partial charge on any atom is -0.457 e. The summed E-state index contributed by atoms with van der Waals surface area (Å²) in [6.45, 7) is 0.174. The summed E-state index contributed by atoms with van der Waals surface area (Å²) in [5, 5.41) is 2.65. The van der Waals surface area contributed by atoms with Crippen LogP contribution in [0, 0.1) is 0 Å². The van der Waals surface area contributed by atoms with Crippen LogP contribution in [0.15, 0.2) is 66.1 Å². The Labute approximate surface area is 173 Å². The molecule has 1 heterocycles. The van der Waals surface area contributed by atoms with E-state index in [9.17, 15) is 9.59 Å². The Morgan fingerprint density at radius 2 is 1.75 bits per heavy atom. The van der Waals surface area contributed by atoms with Crippen molar-refractivity contribution >= 4 is 33.5 Å². The minimum atomic E-state index is -0.505. The van der Waals surface area contributed by atoms with E-state index in [0.29, 0.717) is 11.7 Å². The van der Waals surface area contributed by atoms with Crippen molar-refractivity contribution in [3.63, 3.8) is 0 Å². The highest BCUT2D eigenvalue weighted by atomic mass is 33.1. The van der Waals surface area contributed by atoms with Gasteiger partial charge in [0.25, 0.3) is 0 Å². The molecule has 1 aliphatic rings. The van der Waals surface area contributed by atoms with Crippen LogP contribution in [0.25, 0.3) is 0 Å². The van der Waals surface area contributed by atoms with Gasteiger partial charge in [-0.3, -0.25) is 4.79 Å². The molecule has 4 nitrogen and oxygen atoms in total. The van der Waals surface area contributed by atoms with Crippen LogP contribution in [-0.4, -0.2) is 17.2 Å². The van der Waals surface area contributed by atoms with Crippen LogP contribution in [0.4, 0.5) is 0 Å². The van der Waals surface area contributed by atoms with Crippen molar-refractivity contribution in [2.75, 3.05) is 0 Å². The van der Waals surface area contributed by atoms with Gasteiger partial charge >= 0.3 is 11.9 Å². The molecule has 6 heteroatoms. The first-order valence-electron chi connectivity index (χ1n) is 9.22. The van der Waals surface area contributed by atoms with Gasteiger partial charge in [-0.25, -0.2) is 4.79 Å². The second-order valence-electron chi connectivity index (χ2n) is 6.34. The Balaban J connectivity index is 1.47. The Kier molecular flexibility index (Phi) is 8.06. The first-order valence-corrected chi connectivity index (χ1v) is 11.5. The first kappa shape index (κ1) is 20.6. The average Bonchev–Trinajstić information content (AvgIpc) is 3.24. The van der Waals surface area contributed by atoms with Gasteiger partial charge in [-0.05, 0) is 35.9 Å². The van der Waals surface area contributed by atoms with E-state index < -0.39 is 5.97 Å². The molecular formula is C22H22O4S2. The fourth-order valence-electron chi connectivity index (χ4n) is 2.71. The molecule has 0 aromatic heterocycles. The highest BCUT2D eigenvalue weighted by Gasteiger charge is 2.17. The van der Waals surface area contributed by atoms with E-state index >= 15 is 0 Å². The molecule has 0 bridgehead atoms. The zero-order chi connectivity index (χ0) is 19.6. The standard InChI is InChI=1S/C22H22O4S2/c23-21(13-7-4-10-18-14-15-27-28-18)26-20-12-6-5-11-19(20)22(24)25-16-17-8-2-1-3-9-17/h1-3,5-6,8-9,11-12,14-15,18H,4,7,10,13,16H2/t18-/m1/s1. The van der Waals surface area contributed by atoms with Crippen molar-refractivity contribution in [2.45, 2.75) is 37.5 Å². The molecule has 1 aliphatic heterocycles. The maximum Gasteiger partial charge on any atom is 0.342 e. The number of carbonyl (C=O) groups is 2. The summed E-state index contributed by atoms with van der Waals surface area (Å²) in [6.07, 6.45) is 5.34. The Hall–Kier alpha value is -2.18. The van der Waals surface area contributed by atoms with Crippen molar-refractivity contribution in [3.05, 3.63) is 77.2 Å². The van der Waals surface area contributed by atoms with Gasteiger partial charge in [0, 0.05) is 11.7 Å². The molecule has 1 atom stereocenters. The number of benzene rings is 2. The largest absolute Gasteiger partial charge is 0.457 e. The van der Waals surface area contributed by atoms with Gasteiger partial charge in [0.1, 0.15) is 17.9 Å². The Morgan fingerprint density at radius 1 is 0.964 bits per heavy atom. The summed E-state index contributed by atoms with van der Waals surface area (Å²) in [4.78, 5) is 24.6. The number of ether oxygens (including phenoxy) is 2. The highest BCUT2D eigenvalue weighted by Crippen LogP contribution is 2.37. The number of hydrogen-bond acceptors (Lipinski definition) is 6. The van der Waals surface area contributed by atoms with Gasteiger partial charge in [-0.2, -0.15) is 0 Å². The van der Waals surface area contributed by atoms with Gasteiger partial charge in [0.15, 0.2) is 0 Å². The van der Waals surface area contributed by atoms with Crippen molar-refractivity contribution in [2.24, 2.45) is 0 Å². The van der Waals surface area contributed by atoms with Crippen LogP contribution < -0.4 is 4.74 Å². The smallest absolute Gasteiger partial charge is 0.342 e. The molecule has 0 unspecified atom stereocenters. The maximum absolute atomic E-state index is 12.4. The van der Waals surface area contributed by atoms with Crippen molar-refractivity contribution < 1.29 is 19.1 Å². The molecule has 2 aromatic rings. The van der Waals surface area contributed by atoms with Gasteiger partial charge in [-0.15, -0.1) is 0 Å². The minimum absolute atomic E-state index is 0.174. The van der Waals surface area contributed by atoms with Crippen molar-refractivity contribution in [1.29, 1.82) is 0 Å². The van der Waals surface area contributed by atoms with E-state index in [1.165, 1.54) is 0 Å². The third kappa shape index (κ3) is 6.46. The molecule has 0 spiro atoms. The second-order valence-corrected chi connectivity index (χ2v) is 8.75. The predicted molar refractivity (Wildman–Crippen MR) is 114 cm³/mol. The lowest BCUT2D eigenvalue weighted by molar-refractivity contribution is -0.134. The van der Waals surface area contributed by atoms with Crippen molar-refractivity contribution in [3.8, 4) is 5.75 Å². The highest BCUT2D eigenvalue weighted by molar-refractivity contribution is 8.78. The summed E-state index contributed by atoms with van der Waals surface area (Å²) in [6, 6.07) is 16.1. The van der Waals surface area contributed by atoms with Crippen LogP contribution in [0.5, 0.6) is 5.75 Å². The maximum atomic E-state index is 12.4. The monoisotopic (exact) mass is 414 g/mol. The van der Waals surface area contributed by atoms with Gasteiger partial charge in [0.2, 0.25) is 0 Å². The third-order valence-electron chi connectivity index (χ3n) is 4.19. The van der Waals surface area contributed by atoms with E-state index in [0.717, 1.165) is 24.8 Å². The molecular weight excluding hydrogens is 392 g/mol. The number of carbonyl (C=O) groups excluding carboxylic acids is 2. The zero-order valence-corrected chi connectivity index (χ0v) is 17.0. The van der Waals surface area contributed by atoms with E-state index in [1.807, 2.05) is 41.1 Å². The molecule has 0 saturated carbocycles. The van der Waals surface area contributed by atoms with Crippen LogP contribution in [0.1, 0.15) is 41.6 Å². The lowest BCUT2D eigenvalue weighted by atomic mass is 10.1. The van der Waals surface area contributed by atoms with E-state index in [1.54, 1.807) is 35.1 Å². The molecule has 0 saturated heterocycles. The molecule has 28 heavy (non-hydrogen) atoms. The average molecular weight is 415 g/mol. The zero-order valence-electron chi connectivity index (χ0n) is 15.4. The molecule has 2 aromatic carbocycles.